The molecule has 0 aliphatic heterocycles. The summed E-state index contributed by atoms with van der Waals surface area (Å²) in [6, 6.07) is 6.46. The van der Waals surface area contributed by atoms with E-state index < -0.39 is 0 Å². The summed E-state index contributed by atoms with van der Waals surface area (Å²) in [5, 5.41) is 0.564. The monoisotopic (exact) mass is 251 g/mol. The minimum atomic E-state index is 0.158. The zero-order valence-electron chi connectivity index (χ0n) is 10.6. The van der Waals surface area contributed by atoms with Crippen molar-refractivity contribution >= 4 is 11.8 Å². The lowest BCUT2D eigenvalue weighted by Crippen LogP contribution is -2.29. The Morgan fingerprint density at radius 3 is 3.00 bits per heavy atom. The van der Waals surface area contributed by atoms with Gasteiger partial charge in [-0.2, -0.15) is 11.8 Å². The number of ether oxygens (including phenoxy) is 1. The highest BCUT2D eigenvalue weighted by Gasteiger charge is 2.26. The van der Waals surface area contributed by atoms with Crippen molar-refractivity contribution in [3.05, 3.63) is 29.3 Å². The lowest BCUT2D eigenvalue weighted by molar-refractivity contribution is 0.412. The predicted octanol–water partition coefficient (Wildman–Crippen LogP) is 3.15. The van der Waals surface area contributed by atoms with Gasteiger partial charge in [-0.25, -0.2) is 0 Å². The molecule has 1 aliphatic carbocycles. The van der Waals surface area contributed by atoms with Crippen molar-refractivity contribution in [1.82, 2.24) is 0 Å². The number of methoxy groups -OCH3 is 1. The zero-order chi connectivity index (χ0) is 12.3. The van der Waals surface area contributed by atoms with Crippen molar-refractivity contribution in [2.75, 3.05) is 12.9 Å². The summed E-state index contributed by atoms with van der Waals surface area (Å²) in [6.45, 7) is 2.22. The Morgan fingerprint density at radius 1 is 1.47 bits per heavy atom. The highest BCUT2D eigenvalue weighted by molar-refractivity contribution is 7.99. The Hall–Kier alpha value is -0.670. The van der Waals surface area contributed by atoms with E-state index in [1.807, 2.05) is 17.8 Å². The van der Waals surface area contributed by atoms with Crippen molar-refractivity contribution < 1.29 is 4.74 Å². The van der Waals surface area contributed by atoms with Crippen molar-refractivity contribution in [2.45, 2.75) is 37.5 Å². The van der Waals surface area contributed by atoms with Crippen LogP contribution in [0.15, 0.2) is 18.2 Å². The van der Waals surface area contributed by atoms with E-state index in [2.05, 4.69) is 19.1 Å². The molecule has 0 spiro atoms. The Balaban J connectivity index is 2.18. The second-order valence-corrected chi connectivity index (χ2v) is 5.89. The molecule has 2 N–H and O–H groups in total. The topological polar surface area (TPSA) is 35.2 Å². The van der Waals surface area contributed by atoms with Crippen LogP contribution in [0.3, 0.4) is 0 Å². The van der Waals surface area contributed by atoms with Crippen LogP contribution in [0.5, 0.6) is 5.75 Å². The third kappa shape index (κ3) is 2.78. The summed E-state index contributed by atoms with van der Waals surface area (Å²) >= 11 is 2.02. The molecule has 1 aromatic carbocycles. The van der Waals surface area contributed by atoms with Gasteiger partial charge >= 0.3 is 0 Å². The first-order valence-corrected chi connectivity index (χ1v) is 7.35. The number of hydrogen-bond donors (Lipinski definition) is 1. The molecule has 0 saturated heterocycles. The van der Waals surface area contributed by atoms with E-state index in [4.69, 9.17) is 10.5 Å². The van der Waals surface area contributed by atoms with Gasteiger partial charge in [0.15, 0.2) is 0 Å². The number of fused-ring (bicyclic) bond motifs is 1. The summed E-state index contributed by atoms with van der Waals surface area (Å²) in [7, 11) is 1.71. The van der Waals surface area contributed by atoms with Crippen molar-refractivity contribution in [1.29, 1.82) is 0 Å². The summed E-state index contributed by atoms with van der Waals surface area (Å²) in [6.07, 6.45) is 3.57. The molecule has 2 rings (SSSR count). The van der Waals surface area contributed by atoms with Crippen LogP contribution in [0.2, 0.25) is 0 Å². The van der Waals surface area contributed by atoms with Crippen LogP contribution in [0.25, 0.3) is 0 Å². The lowest BCUT2D eigenvalue weighted by Gasteiger charge is -2.30. The second kappa shape index (κ2) is 5.78. The number of thioether (sulfide) groups is 1. The number of hydrogen-bond acceptors (Lipinski definition) is 3. The van der Waals surface area contributed by atoms with E-state index in [0.29, 0.717) is 5.25 Å². The maximum absolute atomic E-state index is 6.38. The van der Waals surface area contributed by atoms with Crippen LogP contribution < -0.4 is 10.5 Å². The molecule has 0 heterocycles. The summed E-state index contributed by atoms with van der Waals surface area (Å²) in [4.78, 5) is 0. The molecule has 2 unspecified atom stereocenters. The lowest BCUT2D eigenvalue weighted by atomic mass is 9.87. The maximum Gasteiger partial charge on any atom is 0.119 e. The molecule has 17 heavy (non-hydrogen) atoms. The highest BCUT2D eigenvalue weighted by Crippen LogP contribution is 2.37. The molecule has 0 amide bonds. The van der Waals surface area contributed by atoms with Crippen LogP contribution in [0.4, 0.5) is 0 Å². The normalized spacial score (nSPS) is 23.2. The fourth-order valence-electron chi connectivity index (χ4n) is 2.37. The largest absolute Gasteiger partial charge is 0.497 e. The van der Waals surface area contributed by atoms with Crippen LogP contribution in [0, 0.1) is 0 Å². The standard InChI is InChI=1S/C14H21NOS/c1-3-8-17-13-7-5-10-4-6-11(16-2)9-12(10)14(13)15/h4,6,9,13-14H,3,5,7-8,15H2,1-2H3. The minimum Gasteiger partial charge on any atom is -0.497 e. The first-order chi connectivity index (χ1) is 8.26. The van der Waals surface area contributed by atoms with Gasteiger partial charge in [0.2, 0.25) is 0 Å². The van der Waals surface area contributed by atoms with E-state index in [9.17, 15) is 0 Å². The number of rotatable bonds is 4. The average Bonchev–Trinajstić information content (AvgIpc) is 2.38. The number of nitrogens with two attached hydrogens (primary N) is 1. The molecule has 94 valence electrons. The first kappa shape index (κ1) is 12.8. The average molecular weight is 251 g/mol. The molecule has 0 radical (unpaired) electrons. The number of benzene rings is 1. The summed E-state index contributed by atoms with van der Waals surface area (Å²) in [5.74, 6) is 2.12. The smallest absolute Gasteiger partial charge is 0.119 e. The Kier molecular flexibility index (Phi) is 4.35. The molecule has 2 atom stereocenters. The quantitative estimate of drug-likeness (QED) is 0.893. The van der Waals surface area contributed by atoms with E-state index >= 15 is 0 Å². The second-order valence-electron chi connectivity index (χ2n) is 4.54. The zero-order valence-corrected chi connectivity index (χ0v) is 11.4. The van der Waals surface area contributed by atoms with E-state index in [1.54, 1.807) is 7.11 Å². The maximum atomic E-state index is 6.38. The van der Waals surface area contributed by atoms with Crippen molar-refractivity contribution in [3.8, 4) is 5.75 Å². The van der Waals surface area contributed by atoms with Crippen LogP contribution in [-0.4, -0.2) is 18.1 Å². The third-order valence-corrected chi connectivity index (χ3v) is 4.95. The van der Waals surface area contributed by atoms with E-state index in [0.717, 1.165) is 12.2 Å². The molecule has 0 bridgehead atoms. The first-order valence-electron chi connectivity index (χ1n) is 6.30. The third-order valence-electron chi connectivity index (χ3n) is 3.35. The molecule has 0 aromatic heterocycles. The fraction of sp³-hybridized carbons (Fsp3) is 0.571. The van der Waals surface area contributed by atoms with Gasteiger partial charge in [0, 0.05) is 11.3 Å². The molecule has 0 saturated carbocycles. The van der Waals surface area contributed by atoms with Crippen LogP contribution in [-0.2, 0) is 6.42 Å². The van der Waals surface area contributed by atoms with Crippen LogP contribution in [0.1, 0.15) is 36.9 Å². The van der Waals surface area contributed by atoms with Gasteiger partial charge in [-0.15, -0.1) is 0 Å². The Morgan fingerprint density at radius 2 is 2.29 bits per heavy atom. The van der Waals surface area contributed by atoms with Gasteiger partial charge < -0.3 is 10.5 Å². The van der Waals surface area contributed by atoms with Gasteiger partial charge in [-0.3, -0.25) is 0 Å². The van der Waals surface area contributed by atoms with Gasteiger partial charge in [0.25, 0.3) is 0 Å². The van der Waals surface area contributed by atoms with Gasteiger partial charge in [-0.1, -0.05) is 13.0 Å². The highest BCUT2D eigenvalue weighted by atomic mass is 32.2. The summed E-state index contributed by atoms with van der Waals surface area (Å²) < 4.78 is 5.28. The van der Waals surface area contributed by atoms with Crippen LogP contribution >= 0.6 is 11.8 Å². The minimum absolute atomic E-state index is 0.158. The Labute approximate surface area is 108 Å². The molecule has 1 aromatic rings. The van der Waals surface area contributed by atoms with Gasteiger partial charge in [0.1, 0.15) is 5.75 Å². The molecule has 1 aliphatic rings. The predicted molar refractivity (Wildman–Crippen MR) is 74.8 cm³/mol. The SMILES string of the molecule is CCCSC1CCc2ccc(OC)cc2C1N. The van der Waals surface area contributed by atoms with E-state index in [-0.39, 0.29) is 6.04 Å². The molecule has 2 nitrogen and oxygen atoms in total. The summed E-state index contributed by atoms with van der Waals surface area (Å²) in [5.41, 5.74) is 9.06. The van der Waals surface area contributed by atoms with Crippen molar-refractivity contribution in [2.24, 2.45) is 5.73 Å². The van der Waals surface area contributed by atoms with E-state index in [1.165, 1.54) is 29.7 Å². The molecular formula is C14H21NOS. The molecule has 3 heteroatoms. The van der Waals surface area contributed by atoms with Gasteiger partial charge in [0.05, 0.1) is 7.11 Å². The fourth-order valence-corrected chi connectivity index (χ4v) is 3.55. The van der Waals surface area contributed by atoms with Gasteiger partial charge in [-0.05, 0) is 48.3 Å². The van der Waals surface area contributed by atoms with Crippen molar-refractivity contribution in [3.63, 3.8) is 0 Å². The molecule has 0 fully saturated rings. The number of aryl methyl sites for hydroxylation is 1. The molecular weight excluding hydrogens is 230 g/mol. The Bertz CT molecular complexity index is 380.